The Morgan fingerprint density at radius 2 is 1.95 bits per heavy atom. The highest BCUT2D eigenvalue weighted by molar-refractivity contribution is 7.91. The van der Waals surface area contributed by atoms with Crippen LogP contribution < -0.4 is 5.32 Å². The highest BCUT2D eigenvalue weighted by atomic mass is 35.5. The predicted molar refractivity (Wildman–Crippen MR) is 82.2 cm³/mol. The largest absolute Gasteiger partial charge is 0.300 e. The molecule has 1 amide bonds. The number of sulfone groups is 1. The van der Waals surface area contributed by atoms with Crippen LogP contribution in [0.5, 0.6) is 0 Å². The van der Waals surface area contributed by atoms with Crippen LogP contribution in [-0.2, 0) is 20.4 Å². The van der Waals surface area contributed by atoms with Crippen molar-refractivity contribution in [2.75, 3.05) is 11.1 Å². The molecule has 9 heteroatoms. The van der Waals surface area contributed by atoms with Crippen molar-refractivity contribution in [1.29, 1.82) is 0 Å². The second-order valence-corrected chi connectivity index (χ2v) is 8.02. The van der Waals surface area contributed by atoms with Crippen molar-refractivity contribution in [2.24, 2.45) is 0 Å². The molecule has 0 spiro atoms. The molecule has 0 unspecified atom stereocenters. The summed E-state index contributed by atoms with van der Waals surface area (Å²) in [4.78, 5) is 11.7. The summed E-state index contributed by atoms with van der Waals surface area (Å²) < 4.78 is 23.9. The summed E-state index contributed by atoms with van der Waals surface area (Å²) in [6.45, 7) is 1.74. The molecule has 0 atom stereocenters. The van der Waals surface area contributed by atoms with E-state index >= 15 is 0 Å². The van der Waals surface area contributed by atoms with Gasteiger partial charge in [0.05, 0.1) is 5.75 Å². The van der Waals surface area contributed by atoms with Gasteiger partial charge in [-0.1, -0.05) is 35.1 Å². The van der Waals surface area contributed by atoms with Gasteiger partial charge in [-0.05, 0) is 24.6 Å². The Balaban J connectivity index is 1.97. The van der Waals surface area contributed by atoms with E-state index in [1.807, 2.05) is 0 Å². The van der Waals surface area contributed by atoms with Crippen LogP contribution in [0.1, 0.15) is 10.6 Å². The fraction of sp³-hybridized carbons (Fsp3) is 0.250. The lowest BCUT2D eigenvalue weighted by Crippen LogP contribution is -2.23. The molecular formula is C12H12ClN3O3S2. The van der Waals surface area contributed by atoms with Crippen LogP contribution in [0, 0.1) is 6.92 Å². The van der Waals surface area contributed by atoms with Crippen LogP contribution in [0.15, 0.2) is 24.3 Å². The maximum absolute atomic E-state index is 12.0. The zero-order valence-corrected chi connectivity index (χ0v) is 13.4. The van der Waals surface area contributed by atoms with E-state index in [0.717, 1.165) is 0 Å². The van der Waals surface area contributed by atoms with E-state index in [1.54, 1.807) is 31.2 Å². The highest BCUT2D eigenvalue weighted by Crippen LogP contribution is 2.15. The van der Waals surface area contributed by atoms with Gasteiger partial charge in [-0.3, -0.25) is 10.1 Å². The SMILES string of the molecule is Cc1nnc(NC(=O)CS(=O)(=O)Cc2ccc(Cl)cc2)s1. The van der Waals surface area contributed by atoms with Gasteiger partial charge >= 0.3 is 0 Å². The molecule has 0 aliphatic carbocycles. The Bertz CT molecular complexity index is 741. The number of hydrogen-bond donors (Lipinski definition) is 1. The van der Waals surface area contributed by atoms with E-state index in [4.69, 9.17) is 11.6 Å². The predicted octanol–water partition coefficient (Wildman–Crippen LogP) is 2.05. The maximum Gasteiger partial charge on any atom is 0.241 e. The third-order valence-corrected chi connectivity index (χ3v) is 4.90. The van der Waals surface area contributed by atoms with Gasteiger partial charge in [0.1, 0.15) is 10.8 Å². The van der Waals surface area contributed by atoms with Crippen molar-refractivity contribution < 1.29 is 13.2 Å². The summed E-state index contributed by atoms with van der Waals surface area (Å²) in [5.41, 5.74) is 0.582. The molecule has 1 aromatic carbocycles. The molecule has 0 radical (unpaired) electrons. The second-order valence-electron chi connectivity index (χ2n) is 4.33. The van der Waals surface area contributed by atoms with Gasteiger partial charge in [0.15, 0.2) is 9.84 Å². The lowest BCUT2D eigenvalue weighted by molar-refractivity contribution is -0.113. The summed E-state index contributed by atoms with van der Waals surface area (Å²) in [6.07, 6.45) is 0. The molecule has 21 heavy (non-hydrogen) atoms. The Kier molecular flexibility index (Phi) is 4.92. The Hall–Kier alpha value is -1.51. The van der Waals surface area contributed by atoms with Gasteiger partial charge in [0.2, 0.25) is 11.0 Å². The first kappa shape index (κ1) is 15.9. The average Bonchev–Trinajstić information content (AvgIpc) is 2.76. The Morgan fingerprint density at radius 3 is 2.52 bits per heavy atom. The smallest absolute Gasteiger partial charge is 0.241 e. The first-order valence-corrected chi connectivity index (χ1v) is 8.90. The van der Waals surface area contributed by atoms with Crippen molar-refractivity contribution in [3.8, 4) is 0 Å². The molecule has 6 nitrogen and oxygen atoms in total. The van der Waals surface area contributed by atoms with Gasteiger partial charge in [-0.15, -0.1) is 10.2 Å². The number of rotatable bonds is 5. The van der Waals surface area contributed by atoms with Crippen molar-refractivity contribution in [3.05, 3.63) is 39.9 Å². The molecule has 0 fully saturated rings. The lowest BCUT2D eigenvalue weighted by Gasteiger charge is -2.04. The summed E-state index contributed by atoms with van der Waals surface area (Å²) in [6, 6.07) is 6.45. The van der Waals surface area contributed by atoms with Crippen LogP contribution >= 0.6 is 22.9 Å². The van der Waals surface area contributed by atoms with Crippen LogP contribution in [0.4, 0.5) is 5.13 Å². The topological polar surface area (TPSA) is 89.0 Å². The standard InChI is InChI=1S/C12H12ClN3O3S2/c1-8-15-16-12(20-8)14-11(17)7-21(18,19)6-9-2-4-10(13)5-3-9/h2-5H,6-7H2,1H3,(H,14,16,17). The minimum absolute atomic E-state index is 0.216. The van der Waals surface area contributed by atoms with Gasteiger partial charge in [-0.2, -0.15) is 0 Å². The van der Waals surface area contributed by atoms with Gasteiger partial charge in [0, 0.05) is 5.02 Å². The molecule has 1 heterocycles. The molecule has 0 saturated heterocycles. The average molecular weight is 346 g/mol. The fourth-order valence-electron chi connectivity index (χ4n) is 1.59. The second kappa shape index (κ2) is 6.50. The zero-order valence-electron chi connectivity index (χ0n) is 11.0. The first-order chi connectivity index (χ1) is 9.84. The number of carbonyl (C=O) groups excluding carboxylic acids is 1. The van der Waals surface area contributed by atoms with Crippen LogP contribution in [0.2, 0.25) is 5.02 Å². The number of carbonyl (C=O) groups is 1. The minimum atomic E-state index is -3.56. The van der Waals surface area contributed by atoms with Crippen molar-refractivity contribution >= 4 is 43.8 Å². The zero-order chi connectivity index (χ0) is 15.5. The van der Waals surface area contributed by atoms with Gasteiger partial charge in [-0.25, -0.2) is 8.42 Å². The van der Waals surface area contributed by atoms with Gasteiger partial charge in [0.25, 0.3) is 0 Å². The van der Waals surface area contributed by atoms with Crippen molar-refractivity contribution in [2.45, 2.75) is 12.7 Å². The molecule has 2 aromatic rings. The number of aryl methyl sites for hydroxylation is 1. The molecule has 0 aliphatic heterocycles. The monoisotopic (exact) mass is 345 g/mol. The third kappa shape index (κ3) is 5.07. The number of hydrogen-bond acceptors (Lipinski definition) is 6. The molecule has 1 aromatic heterocycles. The Labute approximate surface area is 131 Å². The number of benzene rings is 1. The van der Waals surface area contributed by atoms with E-state index in [0.29, 0.717) is 20.7 Å². The first-order valence-electron chi connectivity index (χ1n) is 5.89. The Morgan fingerprint density at radius 1 is 1.29 bits per heavy atom. The number of aromatic nitrogens is 2. The molecule has 1 N–H and O–H groups in total. The molecular weight excluding hydrogens is 334 g/mol. The van der Waals surface area contributed by atoms with Crippen molar-refractivity contribution in [3.63, 3.8) is 0 Å². The summed E-state index contributed by atoms with van der Waals surface area (Å²) in [7, 11) is -3.56. The van der Waals surface area contributed by atoms with Crippen LogP contribution in [-0.4, -0.2) is 30.3 Å². The van der Waals surface area contributed by atoms with Crippen molar-refractivity contribution in [1.82, 2.24) is 10.2 Å². The molecule has 0 bridgehead atoms. The molecule has 0 saturated carbocycles. The fourth-order valence-corrected chi connectivity index (χ4v) is 3.60. The molecule has 0 aliphatic rings. The molecule has 2 rings (SSSR count). The van der Waals surface area contributed by atoms with Gasteiger partial charge < -0.3 is 0 Å². The maximum atomic E-state index is 12.0. The summed E-state index contributed by atoms with van der Waals surface area (Å²) >= 11 is 6.92. The number of nitrogens with one attached hydrogen (secondary N) is 1. The molecule has 112 valence electrons. The van der Waals surface area contributed by atoms with E-state index in [9.17, 15) is 13.2 Å². The quantitative estimate of drug-likeness (QED) is 0.895. The van der Waals surface area contributed by atoms with E-state index in [1.165, 1.54) is 11.3 Å². The van der Waals surface area contributed by atoms with E-state index < -0.39 is 21.5 Å². The third-order valence-electron chi connectivity index (χ3n) is 2.42. The normalized spacial score (nSPS) is 11.3. The number of amides is 1. The van der Waals surface area contributed by atoms with Crippen LogP contribution in [0.3, 0.4) is 0 Å². The summed E-state index contributed by atoms with van der Waals surface area (Å²) in [5.74, 6) is -1.44. The number of nitrogens with zero attached hydrogens (tertiary/aromatic N) is 2. The van der Waals surface area contributed by atoms with E-state index in [-0.39, 0.29) is 5.75 Å². The lowest BCUT2D eigenvalue weighted by atomic mass is 10.2. The summed E-state index contributed by atoms with van der Waals surface area (Å²) in [5, 5.41) is 11.4. The van der Waals surface area contributed by atoms with E-state index in [2.05, 4.69) is 15.5 Å². The number of halogens is 1. The highest BCUT2D eigenvalue weighted by Gasteiger charge is 2.18. The van der Waals surface area contributed by atoms with Crippen LogP contribution in [0.25, 0.3) is 0 Å². The minimum Gasteiger partial charge on any atom is -0.300 e. The number of anilines is 1.